The number of hydrogen-bond acceptors (Lipinski definition) is 3. The second-order valence-electron chi connectivity index (χ2n) is 4.52. The summed E-state index contributed by atoms with van der Waals surface area (Å²) in [4.78, 5) is 11.6. The Labute approximate surface area is 105 Å². The lowest BCUT2D eigenvalue weighted by molar-refractivity contribution is -0.122. The standard InChI is InChI=1S/C13H28N2O2/c1-4-6-7-9-15-13(17)11(3)14-10-8-12(16)5-2/h11-12,14,16H,4-10H2,1-3H3,(H,15,17). The number of carbonyl (C=O) groups is 1. The van der Waals surface area contributed by atoms with Gasteiger partial charge in [0.15, 0.2) is 0 Å². The van der Waals surface area contributed by atoms with E-state index in [1.54, 1.807) is 0 Å². The highest BCUT2D eigenvalue weighted by atomic mass is 16.3. The predicted molar refractivity (Wildman–Crippen MR) is 70.9 cm³/mol. The van der Waals surface area contributed by atoms with Gasteiger partial charge in [-0.1, -0.05) is 26.7 Å². The number of aliphatic hydroxyl groups is 1. The number of carbonyl (C=O) groups excluding carboxylic acids is 1. The minimum absolute atomic E-state index is 0.0482. The van der Waals surface area contributed by atoms with Crippen molar-refractivity contribution >= 4 is 5.91 Å². The average Bonchev–Trinajstić information content (AvgIpc) is 2.33. The molecule has 0 aromatic heterocycles. The number of rotatable bonds is 10. The molecule has 0 aliphatic carbocycles. The smallest absolute Gasteiger partial charge is 0.236 e. The Morgan fingerprint density at radius 2 is 1.94 bits per heavy atom. The van der Waals surface area contributed by atoms with Crippen LogP contribution in [0.2, 0.25) is 0 Å². The Morgan fingerprint density at radius 1 is 1.24 bits per heavy atom. The third-order valence-electron chi connectivity index (χ3n) is 2.87. The molecule has 4 nitrogen and oxygen atoms in total. The fraction of sp³-hybridized carbons (Fsp3) is 0.923. The Morgan fingerprint density at radius 3 is 2.53 bits per heavy atom. The quantitative estimate of drug-likeness (QED) is 0.510. The molecule has 2 atom stereocenters. The van der Waals surface area contributed by atoms with E-state index < -0.39 is 0 Å². The molecule has 0 aromatic carbocycles. The van der Waals surface area contributed by atoms with E-state index in [1.807, 2.05) is 13.8 Å². The molecule has 0 rings (SSSR count). The zero-order valence-corrected chi connectivity index (χ0v) is 11.5. The van der Waals surface area contributed by atoms with E-state index in [0.29, 0.717) is 13.0 Å². The lowest BCUT2D eigenvalue weighted by Crippen LogP contribution is -2.43. The maximum Gasteiger partial charge on any atom is 0.236 e. The molecule has 102 valence electrons. The van der Waals surface area contributed by atoms with Crippen molar-refractivity contribution in [1.82, 2.24) is 10.6 Å². The monoisotopic (exact) mass is 244 g/mol. The molecule has 1 amide bonds. The molecule has 0 radical (unpaired) electrons. The van der Waals surface area contributed by atoms with Crippen LogP contribution in [-0.2, 0) is 4.79 Å². The molecule has 0 aliphatic rings. The van der Waals surface area contributed by atoms with Crippen LogP contribution in [0.25, 0.3) is 0 Å². The molecule has 0 aliphatic heterocycles. The molecule has 2 unspecified atom stereocenters. The van der Waals surface area contributed by atoms with Crippen molar-refractivity contribution in [3.8, 4) is 0 Å². The highest BCUT2D eigenvalue weighted by molar-refractivity contribution is 5.81. The van der Waals surface area contributed by atoms with E-state index in [2.05, 4.69) is 17.6 Å². The van der Waals surface area contributed by atoms with Crippen molar-refractivity contribution in [3.63, 3.8) is 0 Å². The molecule has 0 saturated carbocycles. The molecular weight excluding hydrogens is 216 g/mol. The van der Waals surface area contributed by atoms with Crippen LogP contribution in [0.3, 0.4) is 0 Å². The van der Waals surface area contributed by atoms with Gasteiger partial charge in [-0.2, -0.15) is 0 Å². The molecule has 0 aromatic rings. The largest absolute Gasteiger partial charge is 0.393 e. The van der Waals surface area contributed by atoms with Gasteiger partial charge in [0.2, 0.25) is 5.91 Å². The summed E-state index contributed by atoms with van der Waals surface area (Å²) in [6, 6.07) is -0.180. The Bertz CT molecular complexity index is 198. The van der Waals surface area contributed by atoms with Gasteiger partial charge in [0.05, 0.1) is 12.1 Å². The van der Waals surface area contributed by atoms with Gasteiger partial charge < -0.3 is 15.7 Å². The van der Waals surface area contributed by atoms with Crippen molar-refractivity contribution in [2.24, 2.45) is 0 Å². The highest BCUT2D eigenvalue weighted by Crippen LogP contribution is 1.95. The maximum atomic E-state index is 11.6. The van der Waals surface area contributed by atoms with Crippen molar-refractivity contribution in [2.45, 2.75) is 65.0 Å². The van der Waals surface area contributed by atoms with Crippen molar-refractivity contribution in [2.75, 3.05) is 13.1 Å². The van der Waals surface area contributed by atoms with Crippen LogP contribution in [0, 0.1) is 0 Å². The third-order valence-corrected chi connectivity index (χ3v) is 2.87. The molecule has 0 heterocycles. The van der Waals surface area contributed by atoms with Gasteiger partial charge in [-0.3, -0.25) is 4.79 Å². The van der Waals surface area contributed by atoms with Gasteiger partial charge in [-0.25, -0.2) is 0 Å². The molecule has 17 heavy (non-hydrogen) atoms. The average molecular weight is 244 g/mol. The molecule has 3 N–H and O–H groups in total. The lowest BCUT2D eigenvalue weighted by atomic mass is 10.2. The summed E-state index contributed by atoms with van der Waals surface area (Å²) in [7, 11) is 0. The maximum absolute atomic E-state index is 11.6. The number of unbranched alkanes of at least 4 members (excludes halogenated alkanes) is 2. The van der Waals surface area contributed by atoms with E-state index in [4.69, 9.17) is 0 Å². The van der Waals surface area contributed by atoms with Crippen LogP contribution in [0.5, 0.6) is 0 Å². The zero-order chi connectivity index (χ0) is 13.1. The van der Waals surface area contributed by atoms with Crippen molar-refractivity contribution < 1.29 is 9.90 Å². The predicted octanol–water partition coefficient (Wildman–Crippen LogP) is 1.43. The summed E-state index contributed by atoms with van der Waals surface area (Å²) in [5, 5.41) is 15.4. The van der Waals surface area contributed by atoms with Gasteiger partial charge in [0.25, 0.3) is 0 Å². The van der Waals surface area contributed by atoms with Crippen LogP contribution < -0.4 is 10.6 Å². The molecule has 0 saturated heterocycles. The van der Waals surface area contributed by atoms with Crippen molar-refractivity contribution in [3.05, 3.63) is 0 Å². The van der Waals surface area contributed by atoms with E-state index in [9.17, 15) is 9.90 Å². The third kappa shape index (κ3) is 9.12. The Hall–Kier alpha value is -0.610. The normalized spacial score (nSPS) is 14.4. The minimum Gasteiger partial charge on any atom is -0.393 e. The topological polar surface area (TPSA) is 61.4 Å². The summed E-state index contributed by atoms with van der Waals surface area (Å²) in [6.07, 6.45) is 4.57. The Balaban J connectivity index is 3.53. The van der Waals surface area contributed by atoms with E-state index in [0.717, 1.165) is 25.8 Å². The van der Waals surface area contributed by atoms with Crippen LogP contribution in [0.15, 0.2) is 0 Å². The minimum atomic E-state index is -0.262. The first-order valence-corrected chi connectivity index (χ1v) is 6.80. The van der Waals surface area contributed by atoms with Crippen LogP contribution in [0.4, 0.5) is 0 Å². The van der Waals surface area contributed by atoms with Gasteiger partial charge >= 0.3 is 0 Å². The number of aliphatic hydroxyl groups excluding tert-OH is 1. The fourth-order valence-electron chi connectivity index (χ4n) is 1.50. The molecule has 0 bridgehead atoms. The summed E-state index contributed by atoms with van der Waals surface area (Å²) in [5.74, 6) is 0.0482. The van der Waals surface area contributed by atoms with E-state index in [1.165, 1.54) is 6.42 Å². The Kier molecular flexibility index (Phi) is 10.2. The summed E-state index contributed by atoms with van der Waals surface area (Å²) in [6.45, 7) is 7.39. The molecule has 0 fully saturated rings. The van der Waals surface area contributed by atoms with Crippen LogP contribution in [-0.4, -0.2) is 36.2 Å². The van der Waals surface area contributed by atoms with E-state index >= 15 is 0 Å². The van der Waals surface area contributed by atoms with Crippen molar-refractivity contribution in [1.29, 1.82) is 0 Å². The van der Waals surface area contributed by atoms with Gasteiger partial charge in [-0.05, 0) is 32.7 Å². The number of nitrogens with one attached hydrogen (secondary N) is 2. The lowest BCUT2D eigenvalue weighted by Gasteiger charge is -2.15. The summed E-state index contributed by atoms with van der Waals surface area (Å²) >= 11 is 0. The molecule has 4 heteroatoms. The van der Waals surface area contributed by atoms with Crippen LogP contribution in [0.1, 0.15) is 52.9 Å². The van der Waals surface area contributed by atoms with Crippen LogP contribution >= 0.6 is 0 Å². The molecule has 0 spiro atoms. The second kappa shape index (κ2) is 10.5. The SMILES string of the molecule is CCCCCNC(=O)C(C)NCCC(O)CC. The van der Waals surface area contributed by atoms with E-state index in [-0.39, 0.29) is 18.1 Å². The summed E-state index contributed by atoms with van der Waals surface area (Å²) < 4.78 is 0. The first-order chi connectivity index (χ1) is 8.11. The van der Waals surface area contributed by atoms with Gasteiger partial charge in [-0.15, -0.1) is 0 Å². The number of hydrogen-bond donors (Lipinski definition) is 3. The first-order valence-electron chi connectivity index (χ1n) is 6.80. The summed E-state index contributed by atoms with van der Waals surface area (Å²) in [5.41, 5.74) is 0. The zero-order valence-electron chi connectivity index (χ0n) is 11.5. The second-order valence-corrected chi connectivity index (χ2v) is 4.52. The highest BCUT2D eigenvalue weighted by Gasteiger charge is 2.11. The first kappa shape index (κ1) is 16.4. The molecular formula is C13H28N2O2. The number of amides is 1. The van der Waals surface area contributed by atoms with Gasteiger partial charge in [0.1, 0.15) is 0 Å². The fourth-order valence-corrected chi connectivity index (χ4v) is 1.50. The van der Waals surface area contributed by atoms with Gasteiger partial charge in [0, 0.05) is 6.54 Å².